The van der Waals surface area contributed by atoms with Crippen molar-refractivity contribution in [1.29, 1.82) is 0 Å². The predicted molar refractivity (Wildman–Crippen MR) is 181 cm³/mol. The number of aryl methyl sites for hydroxylation is 2. The van der Waals surface area contributed by atoms with Gasteiger partial charge in [0.1, 0.15) is 17.8 Å². The maximum Gasteiger partial charge on any atom is 0.243 e. The molecule has 6 atom stereocenters. The minimum absolute atomic E-state index is 0.198. The molecule has 4 rings (SSSR count). The zero-order valence-electron chi connectivity index (χ0n) is 27.4. The van der Waals surface area contributed by atoms with Crippen LogP contribution in [0, 0.1) is 19.8 Å². The van der Waals surface area contributed by atoms with Crippen molar-refractivity contribution >= 4 is 23.6 Å². The summed E-state index contributed by atoms with van der Waals surface area (Å²) in [5.74, 6) is -2.67. The number of amides is 4. The molecule has 1 saturated carbocycles. The molecule has 1 fully saturated rings. The van der Waals surface area contributed by atoms with Crippen molar-refractivity contribution in [3.63, 3.8) is 0 Å². The summed E-state index contributed by atoms with van der Waals surface area (Å²) in [6, 6.07) is 19.0. The molecule has 0 heterocycles. The lowest BCUT2D eigenvalue weighted by Gasteiger charge is -2.33. The minimum Gasteiger partial charge on any atom is -0.507 e. The molecule has 10 nitrogen and oxygen atoms in total. The molecule has 0 radical (unpaired) electrons. The predicted octanol–water partition coefficient (Wildman–Crippen LogP) is 3.06. The van der Waals surface area contributed by atoms with E-state index in [1.807, 2.05) is 79.7 Å². The van der Waals surface area contributed by atoms with Crippen LogP contribution in [-0.4, -0.2) is 52.9 Å². The molecule has 0 bridgehead atoms. The summed E-state index contributed by atoms with van der Waals surface area (Å²) < 4.78 is 0. The van der Waals surface area contributed by atoms with E-state index in [-0.39, 0.29) is 30.4 Å². The molecule has 1 aliphatic carbocycles. The second kappa shape index (κ2) is 16.2. The number of hydrogen-bond acceptors (Lipinski definition) is 6. The fraction of sp³-hybridized carbons (Fsp3) is 0.405. The largest absolute Gasteiger partial charge is 0.507 e. The van der Waals surface area contributed by atoms with E-state index < -0.39 is 47.8 Å². The molecule has 3 aromatic carbocycles. The Morgan fingerprint density at radius 2 is 1.43 bits per heavy atom. The SMILES string of the molecule is Cc1cc(CC(N)C(=O)N[C@@H]2CCCC[C@@H]2C(=O)N[C@@H](Cc2ccccc2)C(=O)N[C@@H](C(N)=O)[C@H](C)c2ccccc2)cc(C)c1O. The normalized spacial score (nSPS) is 18.6. The van der Waals surface area contributed by atoms with E-state index in [1.165, 1.54) is 0 Å². The third kappa shape index (κ3) is 9.42. The van der Waals surface area contributed by atoms with E-state index in [4.69, 9.17) is 11.5 Å². The minimum atomic E-state index is -0.996. The van der Waals surface area contributed by atoms with Gasteiger partial charge in [-0.1, -0.05) is 92.6 Å². The van der Waals surface area contributed by atoms with E-state index >= 15 is 0 Å². The van der Waals surface area contributed by atoms with Crippen LogP contribution in [0.1, 0.15) is 66.3 Å². The summed E-state index contributed by atoms with van der Waals surface area (Å²) in [6.45, 7) is 5.41. The lowest BCUT2D eigenvalue weighted by molar-refractivity contribution is -0.134. The van der Waals surface area contributed by atoms with Gasteiger partial charge >= 0.3 is 0 Å². The molecule has 8 N–H and O–H groups in total. The third-order valence-electron chi connectivity index (χ3n) is 9.12. The highest BCUT2D eigenvalue weighted by Gasteiger charge is 2.36. The van der Waals surface area contributed by atoms with Crippen molar-refractivity contribution < 1.29 is 24.3 Å². The Bertz CT molecular complexity index is 1520. The molecular formula is C37H47N5O5. The Labute approximate surface area is 276 Å². The van der Waals surface area contributed by atoms with Crippen LogP contribution in [0.3, 0.4) is 0 Å². The Hall–Kier alpha value is -4.70. The second-order valence-corrected chi connectivity index (χ2v) is 12.7. The number of phenolic OH excluding ortho intramolecular Hbond substituents is 1. The zero-order valence-corrected chi connectivity index (χ0v) is 27.4. The smallest absolute Gasteiger partial charge is 0.243 e. The number of aromatic hydroxyl groups is 1. The van der Waals surface area contributed by atoms with Crippen LogP contribution in [-0.2, 0) is 32.0 Å². The molecule has 47 heavy (non-hydrogen) atoms. The van der Waals surface area contributed by atoms with Crippen molar-refractivity contribution in [2.45, 2.75) is 89.4 Å². The highest BCUT2D eigenvalue weighted by Crippen LogP contribution is 2.26. The summed E-state index contributed by atoms with van der Waals surface area (Å²) in [7, 11) is 0. The Kier molecular flexibility index (Phi) is 12.1. The molecule has 0 saturated heterocycles. The van der Waals surface area contributed by atoms with Gasteiger partial charge in [0.25, 0.3) is 0 Å². The number of benzene rings is 3. The number of primary amides is 1. The summed E-state index contributed by atoms with van der Waals surface area (Å²) in [4.78, 5) is 53.4. The molecule has 10 heteroatoms. The average Bonchev–Trinajstić information content (AvgIpc) is 3.06. The number of carbonyl (C=O) groups is 4. The van der Waals surface area contributed by atoms with Crippen LogP contribution in [0.25, 0.3) is 0 Å². The van der Waals surface area contributed by atoms with Gasteiger partial charge in [-0.05, 0) is 60.9 Å². The first-order valence-electron chi connectivity index (χ1n) is 16.3. The van der Waals surface area contributed by atoms with Gasteiger partial charge in [-0.15, -0.1) is 0 Å². The lowest BCUT2D eigenvalue weighted by atomic mass is 9.83. The van der Waals surface area contributed by atoms with Crippen molar-refractivity contribution in [3.05, 3.63) is 101 Å². The summed E-state index contributed by atoms with van der Waals surface area (Å²) >= 11 is 0. The van der Waals surface area contributed by atoms with E-state index in [0.29, 0.717) is 24.0 Å². The first kappa shape index (κ1) is 35.2. The fourth-order valence-electron chi connectivity index (χ4n) is 6.40. The number of phenols is 1. The molecular weight excluding hydrogens is 594 g/mol. The highest BCUT2D eigenvalue weighted by atomic mass is 16.3. The van der Waals surface area contributed by atoms with Crippen LogP contribution in [0.2, 0.25) is 0 Å². The van der Waals surface area contributed by atoms with Gasteiger partial charge in [0, 0.05) is 18.4 Å². The highest BCUT2D eigenvalue weighted by molar-refractivity contribution is 5.93. The number of carbonyl (C=O) groups excluding carboxylic acids is 4. The molecule has 0 aromatic heterocycles. The van der Waals surface area contributed by atoms with Crippen molar-refractivity contribution in [2.24, 2.45) is 17.4 Å². The first-order valence-corrected chi connectivity index (χ1v) is 16.3. The number of nitrogens with two attached hydrogens (primary N) is 2. The Balaban J connectivity index is 1.47. The monoisotopic (exact) mass is 641 g/mol. The van der Waals surface area contributed by atoms with E-state index in [2.05, 4.69) is 16.0 Å². The second-order valence-electron chi connectivity index (χ2n) is 12.7. The maximum atomic E-state index is 13.8. The lowest BCUT2D eigenvalue weighted by Crippen LogP contribution is -2.58. The van der Waals surface area contributed by atoms with Crippen LogP contribution in [0.5, 0.6) is 5.75 Å². The van der Waals surface area contributed by atoms with Gasteiger partial charge in [0.2, 0.25) is 23.6 Å². The molecule has 3 aromatic rings. The molecule has 1 unspecified atom stereocenters. The van der Waals surface area contributed by atoms with E-state index in [1.54, 1.807) is 13.8 Å². The number of nitrogens with one attached hydrogen (secondary N) is 3. The van der Waals surface area contributed by atoms with E-state index in [0.717, 1.165) is 29.5 Å². The van der Waals surface area contributed by atoms with Gasteiger partial charge in [-0.3, -0.25) is 19.2 Å². The van der Waals surface area contributed by atoms with Gasteiger partial charge in [-0.25, -0.2) is 0 Å². The standard InChI is InChI=1S/C37H47N5O5/c1-22-18-26(19-23(2)33(22)43)20-29(38)36(46)40-30-17-11-10-16-28(30)35(45)41-31(21-25-12-6-4-7-13-25)37(47)42-32(34(39)44)24(3)27-14-8-5-9-15-27/h4-9,12-15,18-19,24,28-32,43H,10-11,16-17,20-21,38H2,1-3H3,(H2,39,44)(H,40,46)(H,41,45)(H,42,47)/t24-,28+,29?,30-,31+,32-/m1/s1. The van der Waals surface area contributed by atoms with Gasteiger partial charge in [-0.2, -0.15) is 0 Å². The fourth-order valence-corrected chi connectivity index (χ4v) is 6.40. The average molecular weight is 642 g/mol. The summed E-state index contributed by atoms with van der Waals surface area (Å²) in [5.41, 5.74) is 16.0. The van der Waals surface area contributed by atoms with Crippen molar-refractivity contribution in [3.8, 4) is 5.75 Å². The Morgan fingerprint density at radius 3 is 2.04 bits per heavy atom. The molecule has 1 aliphatic rings. The Morgan fingerprint density at radius 1 is 0.830 bits per heavy atom. The van der Waals surface area contributed by atoms with Gasteiger partial charge in [0.05, 0.1) is 12.0 Å². The van der Waals surface area contributed by atoms with Gasteiger partial charge in [0.15, 0.2) is 0 Å². The van der Waals surface area contributed by atoms with Crippen LogP contribution >= 0.6 is 0 Å². The van der Waals surface area contributed by atoms with Crippen LogP contribution in [0.15, 0.2) is 72.8 Å². The molecule has 0 spiro atoms. The first-order chi connectivity index (χ1) is 22.4. The number of rotatable bonds is 13. The molecule has 0 aliphatic heterocycles. The quantitative estimate of drug-likeness (QED) is 0.167. The topological polar surface area (TPSA) is 177 Å². The maximum absolute atomic E-state index is 13.8. The van der Waals surface area contributed by atoms with Crippen molar-refractivity contribution in [2.75, 3.05) is 0 Å². The van der Waals surface area contributed by atoms with Crippen molar-refractivity contribution in [1.82, 2.24) is 16.0 Å². The van der Waals surface area contributed by atoms with E-state index in [9.17, 15) is 24.3 Å². The van der Waals surface area contributed by atoms with Gasteiger partial charge < -0.3 is 32.5 Å². The van der Waals surface area contributed by atoms with Crippen LogP contribution in [0.4, 0.5) is 0 Å². The number of hydrogen-bond donors (Lipinski definition) is 6. The summed E-state index contributed by atoms with van der Waals surface area (Å²) in [6.07, 6.45) is 3.25. The van der Waals surface area contributed by atoms with Crippen LogP contribution < -0.4 is 27.4 Å². The zero-order chi connectivity index (χ0) is 34.1. The molecule has 4 amide bonds. The molecule has 250 valence electrons. The third-order valence-corrected chi connectivity index (χ3v) is 9.12. The summed E-state index contributed by atoms with van der Waals surface area (Å²) in [5, 5.41) is 18.8.